The van der Waals surface area contributed by atoms with E-state index < -0.39 is 18.5 Å². The van der Waals surface area contributed by atoms with Gasteiger partial charge in [-0.05, 0) is 43.7 Å². The number of carbonyl (C=O) groups excluding carboxylic acids is 2. The number of nitrogens with one attached hydrogen (secondary N) is 1. The molecule has 0 saturated carbocycles. The van der Waals surface area contributed by atoms with Gasteiger partial charge in [-0.3, -0.25) is 9.36 Å². The molecule has 1 aromatic carbocycles. The van der Waals surface area contributed by atoms with Crippen LogP contribution in [-0.2, 0) is 9.53 Å². The van der Waals surface area contributed by atoms with Crippen molar-refractivity contribution in [2.75, 3.05) is 11.9 Å². The maximum Gasteiger partial charge on any atom is 0.348 e. The Morgan fingerprint density at radius 1 is 1.21 bits per heavy atom. The Kier molecular flexibility index (Phi) is 5.83. The van der Waals surface area contributed by atoms with E-state index in [4.69, 9.17) is 16.3 Å². The highest BCUT2D eigenvalue weighted by Crippen LogP contribution is 2.30. The van der Waals surface area contributed by atoms with Crippen molar-refractivity contribution in [1.29, 1.82) is 5.26 Å². The molecule has 28 heavy (non-hydrogen) atoms. The molecule has 6 nitrogen and oxygen atoms in total. The van der Waals surface area contributed by atoms with Gasteiger partial charge in [0, 0.05) is 11.4 Å². The van der Waals surface area contributed by atoms with Gasteiger partial charge in [-0.2, -0.15) is 5.26 Å². The van der Waals surface area contributed by atoms with Gasteiger partial charge < -0.3 is 10.1 Å². The first-order chi connectivity index (χ1) is 13.4. The quantitative estimate of drug-likeness (QED) is 0.625. The summed E-state index contributed by atoms with van der Waals surface area (Å²) in [4.78, 5) is 24.7. The average Bonchev–Trinajstić information content (AvgIpc) is 3.22. The van der Waals surface area contributed by atoms with Crippen LogP contribution in [0.4, 0.5) is 5.82 Å². The Hall–Kier alpha value is -3.08. The summed E-state index contributed by atoms with van der Waals surface area (Å²) in [5, 5.41) is 12.3. The van der Waals surface area contributed by atoms with E-state index in [0.717, 1.165) is 28.3 Å². The molecule has 8 heteroatoms. The Morgan fingerprint density at radius 2 is 1.93 bits per heavy atom. The number of hydrogen-bond donors (Lipinski definition) is 1. The predicted molar refractivity (Wildman–Crippen MR) is 108 cm³/mol. The van der Waals surface area contributed by atoms with E-state index in [1.165, 1.54) is 6.07 Å². The van der Waals surface area contributed by atoms with Crippen LogP contribution in [-0.4, -0.2) is 23.1 Å². The van der Waals surface area contributed by atoms with Crippen LogP contribution in [0.3, 0.4) is 0 Å². The Labute approximate surface area is 170 Å². The van der Waals surface area contributed by atoms with Crippen LogP contribution in [0.1, 0.15) is 26.5 Å². The number of benzene rings is 1. The van der Waals surface area contributed by atoms with Crippen LogP contribution in [0.5, 0.6) is 0 Å². The van der Waals surface area contributed by atoms with E-state index in [1.807, 2.05) is 44.2 Å². The van der Waals surface area contributed by atoms with Crippen LogP contribution in [0, 0.1) is 25.2 Å². The molecule has 0 aliphatic carbocycles. The van der Waals surface area contributed by atoms with Gasteiger partial charge >= 0.3 is 5.97 Å². The van der Waals surface area contributed by atoms with Gasteiger partial charge in [0.05, 0.1) is 9.90 Å². The Morgan fingerprint density at radius 3 is 2.54 bits per heavy atom. The third-order valence-electron chi connectivity index (χ3n) is 4.21. The molecule has 0 atom stereocenters. The van der Waals surface area contributed by atoms with Crippen molar-refractivity contribution in [3.8, 4) is 11.8 Å². The fourth-order valence-corrected chi connectivity index (χ4v) is 3.69. The molecule has 0 saturated heterocycles. The minimum absolute atomic E-state index is 0.315. The monoisotopic (exact) mass is 413 g/mol. The SMILES string of the molecule is Cc1c(C#N)c(NC(=O)COC(=O)c2ccc(Cl)s2)n(-c2ccccc2)c1C. The first-order valence-corrected chi connectivity index (χ1v) is 9.51. The molecule has 0 spiro atoms. The molecule has 3 rings (SSSR count). The molecule has 1 N–H and O–H groups in total. The summed E-state index contributed by atoms with van der Waals surface area (Å²) in [6.07, 6.45) is 0. The highest BCUT2D eigenvalue weighted by Gasteiger charge is 2.21. The number of anilines is 1. The smallest absolute Gasteiger partial charge is 0.348 e. The van der Waals surface area contributed by atoms with Gasteiger partial charge in [-0.1, -0.05) is 29.8 Å². The van der Waals surface area contributed by atoms with Crippen molar-refractivity contribution >= 4 is 40.6 Å². The van der Waals surface area contributed by atoms with Crippen molar-refractivity contribution < 1.29 is 14.3 Å². The number of nitriles is 1. The number of halogens is 1. The van der Waals surface area contributed by atoms with Crippen LogP contribution in [0.2, 0.25) is 4.34 Å². The maximum absolute atomic E-state index is 12.4. The number of esters is 1. The Bertz CT molecular complexity index is 1080. The van der Waals surface area contributed by atoms with Gasteiger partial charge in [0.1, 0.15) is 16.8 Å². The van der Waals surface area contributed by atoms with E-state index >= 15 is 0 Å². The van der Waals surface area contributed by atoms with Crippen molar-refractivity contribution in [3.63, 3.8) is 0 Å². The van der Waals surface area contributed by atoms with Crippen LogP contribution in [0.15, 0.2) is 42.5 Å². The number of para-hydroxylation sites is 1. The molecule has 2 heterocycles. The third-order valence-corrected chi connectivity index (χ3v) is 5.42. The highest BCUT2D eigenvalue weighted by atomic mass is 35.5. The summed E-state index contributed by atoms with van der Waals surface area (Å²) < 4.78 is 7.30. The lowest BCUT2D eigenvalue weighted by molar-refractivity contribution is -0.119. The Balaban J connectivity index is 1.81. The number of nitrogens with zero attached hydrogens (tertiary/aromatic N) is 2. The summed E-state index contributed by atoms with van der Waals surface area (Å²) in [6.45, 7) is 3.22. The lowest BCUT2D eigenvalue weighted by Crippen LogP contribution is -2.22. The second kappa shape index (κ2) is 8.30. The molecule has 2 aromatic heterocycles. The zero-order chi connectivity index (χ0) is 20.3. The molecule has 0 bridgehead atoms. The van der Waals surface area contributed by atoms with Gasteiger partial charge in [-0.15, -0.1) is 11.3 Å². The zero-order valence-corrected chi connectivity index (χ0v) is 16.7. The molecule has 3 aromatic rings. The number of rotatable bonds is 5. The van der Waals surface area contributed by atoms with E-state index in [1.54, 1.807) is 10.6 Å². The molecule has 1 amide bonds. The lowest BCUT2D eigenvalue weighted by Gasteiger charge is -2.13. The summed E-state index contributed by atoms with van der Waals surface area (Å²) in [5.41, 5.74) is 2.78. The first kappa shape index (κ1) is 19.7. The molecular formula is C20H16ClN3O3S. The van der Waals surface area contributed by atoms with E-state index in [2.05, 4.69) is 11.4 Å². The topological polar surface area (TPSA) is 84.1 Å². The molecule has 0 unspecified atom stereocenters. The highest BCUT2D eigenvalue weighted by molar-refractivity contribution is 7.17. The van der Waals surface area contributed by atoms with Crippen molar-refractivity contribution in [1.82, 2.24) is 4.57 Å². The van der Waals surface area contributed by atoms with E-state index in [-0.39, 0.29) is 0 Å². The second-order valence-electron chi connectivity index (χ2n) is 5.94. The molecular weight excluding hydrogens is 398 g/mol. The minimum Gasteiger partial charge on any atom is -0.451 e. The number of amides is 1. The normalized spacial score (nSPS) is 10.4. The molecule has 0 aliphatic rings. The van der Waals surface area contributed by atoms with Gasteiger partial charge in [0.25, 0.3) is 5.91 Å². The molecule has 0 aliphatic heterocycles. The minimum atomic E-state index is -0.627. The second-order valence-corrected chi connectivity index (χ2v) is 7.66. The first-order valence-electron chi connectivity index (χ1n) is 8.32. The van der Waals surface area contributed by atoms with Gasteiger partial charge in [0.2, 0.25) is 0 Å². The van der Waals surface area contributed by atoms with Crippen LogP contribution < -0.4 is 5.32 Å². The van der Waals surface area contributed by atoms with Crippen molar-refractivity contribution in [2.45, 2.75) is 13.8 Å². The maximum atomic E-state index is 12.4. The summed E-state index contributed by atoms with van der Waals surface area (Å²) in [7, 11) is 0. The summed E-state index contributed by atoms with van der Waals surface area (Å²) in [5.74, 6) is -0.815. The van der Waals surface area contributed by atoms with Gasteiger partial charge in [-0.25, -0.2) is 4.79 Å². The van der Waals surface area contributed by atoms with Crippen molar-refractivity contribution in [2.24, 2.45) is 0 Å². The molecule has 142 valence electrons. The van der Waals surface area contributed by atoms with Crippen LogP contribution in [0.25, 0.3) is 5.69 Å². The fourth-order valence-electron chi connectivity index (χ4n) is 2.76. The standard InChI is InChI=1S/C20H16ClN3O3S/c1-12-13(2)24(14-6-4-3-5-7-14)19(15(12)10-22)23-18(25)11-27-20(26)16-8-9-17(21)28-16/h3-9H,11H2,1-2H3,(H,23,25). The van der Waals surface area contributed by atoms with E-state index in [0.29, 0.717) is 20.6 Å². The summed E-state index contributed by atoms with van der Waals surface area (Å²) >= 11 is 6.87. The van der Waals surface area contributed by atoms with Crippen molar-refractivity contribution in [3.05, 3.63) is 68.5 Å². The number of aromatic nitrogens is 1. The van der Waals surface area contributed by atoms with E-state index in [9.17, 15) is 14.9 Å². The number of hydrogen-bond acceptors (Lipinski definition) is 5. The third kappa shape index (κ3) is 3.93. The fraction of sp³-hybridized carbons (Fsp3) is 0.150. The average molecular weight is 414 g/mol. The zero-order valence-electron chi connectivity index (χ0n) is 15.2. The number of thiophene rings is 1. The number of ether oxygens (including phenoxy) is 1. The number of carbonyl (C=O) groups is 2. The predicted octanol–water partition coefficient (Wildman–Crippen LogP) is 4.48. The lowest BCUT2D eigenvalue weighted by atomic mass is 10.2. The summed E-state index contributed by atoms with van der Waals surface area (Å²) in [6, 6.07) is 14.6. The molecule has 0 fully saturated rings. The van der Waals surface area contributed by atoms with Crippen LogP contribution >= 0.6 is 22.9 Å². The van der Waals surface area contributed by atoms with Gasteiger partial charge in [0.15, 0.2) is 6.61 Å². The largest absolute Gasteiger partial charge is 0.451 e. The molecule has 0 radical (unpaired) electrons.